The standard InChI is InChI=1S/C10H19N3S/c1-7(2)13-8(3)12-9(10(13)11)5-6-14-4/h7H,5-6,11H2,1-4H3. The summed E-state index contributed by atoms with van der Waals surface area (Å²) in [6.07, 6.45) is 3.07. The summed E-state index contributed by atoms with van der Waals surface area (Å²) in [5.41, 5.74) is 7.08. The van der Waals surface area contributed by atoms with E-state index in [1.807, 2.05) is 18.7 Å². The van der Waals surface area contributed by atoms with Crippen molar-refractivity contribution in [1.29, 1.82) is 0 Å². The Morgan fingerprint density at radius 1 is 1.50 bits per heavy atom. The van der Waals surface area contributed by atoms with Crippen LogP contribution in [-0.2, 0) is 6.42 Å². The topological polar surface area (TPSA) is 43.8 Å². The van der Waals surface area contributed by atoms with Gasteiger partial charge in [-0.05, 0) is 32.8 Å². The van der Waals surface area contributed by atoms with Gasteiger partial charge in [0.2, 0.25) is 0 Å². The van der Waals surface area contributed by atoms with Crippen molar-refractivity contribution >= 4 is 17.6 Å². The Kier molecular flexibility index (Phi) is 3.86. The molecule has 0 aliphatic heterocycles. The molecule has 0 amide bonds. The number of rotatable bonds is 4. The fourth-order valence-electron chi connectivity index (χ4n) is 1.65. The summed E-state index contributed by atoms with van der Waals surface area (Å²) in [7, 11) is 0. The third-order valence-corrected chi connectivity index (χ3v) is 2.87. The molecule has 0 saturated carbocycles. The SMILES string of the molecule is CSCCc1nc(C)n(C(C)C)c1N. The lowest BCUT2D eigenvalue weighted by Crippen LogP contribution is -2.07. The number of nitrogens with zero attached hydrogens (tertiary/aromatic N) is 2. The quantitative estimate of drug-likeness (QED) is 0.834. The predicted octanol–water partition coefficient (Wildman–Crippen LogP) is 2.26. The number of nitrogens with two attached hydrogens (primary N) is 1. The molecular weight excluding hydrogens is 194 g/mol. The van der Waals surface area contributed by atoms with Crippen molar-refractivity contribution < 1.29 is 0 Å². The van der Waals surface area contributed by atoms with E-state index in [0.29, 0.717) is 6.04 Å². The van der Waals surface area contributed by atoms with Crippen LogP contribution in [0.4, 0.5) is 5.82 Å². The smallest absolute Gasteiger partial charge is 0.127 e. The van der Waals surface area contributed by atoms with Crippen molar-refractivity contribution in [2.24, 2.45) is 0 Å². The number of aryl methyl sites for hydroxylation is 2. The summed E-state index contributed by atoms with van der Waals surface area (Å²) < 4.78 is 2.09. The first-order valence-electron chi connectivity index (χ1n) is 4.90. The zero-order chi connectivity index (χ0) is 10.7. The van der Waals surface area contributed by atoms with Crippen LogP contribution in [-0.4, -0.2) is 21.6 Å². The highest BCUT2D eigenvalue weighted by atomic mass is 32.2. The van der Waals surface area contributed by atoms with E-state index < -0.39 is 0 Å². The first-order chi connectivity index (χ1) is 6.57. The van der Waals surface area contributed by atoms with Crippen LogP contribution in [0.15, 0.2) is 0 Å². The maximum atomic E-state index is 6.04. The molecule has 0 saturated heterocycles. The van der Waals surface area contributed by atoms with Gasteiger partial charge in [-0.3, -0.25) is 0 Å². The molecule has 0 aliphatic carbocycles. The van der Waals surface area contributed by atoms with E-state index in [1.165, 1.54) is 0 Å². The van der Waals surface area contributed by atoms with Crippen LogP contribution in [0.3, 0.4) is 0 Å². The average Bonchev–Trinajstić information content (AvgIpc) is 2.38. The Bertz CT molecular complexity index is 305. The van der Waals surface area contributed by atoms with Gasteiger partial charge in [-0.1, -0.05) is 0 Å². The zero-order valence-corrected chi connectivity index (χ0v) is 10.2. The molecule has 3 nitrogen and oxygen atoms in total. The lowest BCUT2D eigenvalue weighted by molar-refractivity contribution is 0.590. The first-order valence-corrected chi connectivity index (χ1v) is 6.29. The fraction of sp³-hybridized carbons (Fsp3) is 0.700. The lowest BCUT2D eigenvalue weighted by Gasteiger charge is -2.11. The molecule has 0 bridgehead atoms. The molecule has 2 N–H and O–H groups in total. The number of imidazole rings is 1. The van der Waals surface area contributed by atoms with Gasteiger partial charge in [-0.15, -0.1) is 0 Å². The van der Waals surface area contributed by atoms with E-state index in [2.05, 4.69) is 29.7 Å². The normalized spacial score (nSPS) is 11.2. The van der Waals surface area contributed by atoms with Gasteiger partial charge in [0.15, 0.2) is 0 Å². The van der Waals surface area contributed by atoms with Crippen molar-refractivity contribution in [2.45, 2.75) is 33.2 Å². The van der Waals surface area contributed by atoms with Gasteiger partial charge in [0.25, 0.3) is 0 Å². The van der Waals surface area contributed by atoms with Crippen molar-refractivity contribution in [3.63, 3.8) is 0 Å². The second kappa shape index (κ2) is 4.73. The second-order valence-corrected chi connectivity index (χ2v) is 4.68. The van der Waals surface area contributed by atoms with E-state index >= 15 is 0 Å². The largest absolute Gasteiger partial charge is 0.384 e. The van der Waals surface area contributed by atoms with E-state index in [0.717, 1.165) is 29.5 Å². The summed E-state index contributed by atoms with van der Waals surface area (Å²) in [5.74, 6) is 2.94. The predicted molar refractivity (Wildman–Crippen MR) is 63.8 cm³/mol. The molecular formula is C10H19N3S. The van der Waals surface area contributed by atoms with Crippen molar-refractivity contribution in [3.05, 3.63) is 11.5 Å². The molecule has 0 atom stereocenters. The molecule has 1 rings (SSSR count). The van der Waals surface area contributed by atoms with Crippen molar-refractivity contribution in [2.75, 3.05) is 17.7 Å². The van der Waals surface area contributed by atoms with E-state index in [4.69, 9.17) is 5.73 Å². The highest BCUT2D eigenvalue weighted by Gasteiger charge is 2.12. The molecule has 0 spiro atoms. The lowest BCUT2D eigenvalue weighted by atomic mass is 10.3. The highest BCUT2D eigenvalue weighted by molar-refractivity contribution is 7.98. The van der Waals surface area contributed by atoms with Crippen LogP contribution in [0, 0.1) is 6.92 Å². The number of hydrogen-bond donors (Lipinski definition) is 1. The van der Waals surface area contributed by atoms with Crippen LogP contribution in [0.1, 0.15) is 31.4 Å². The van der Waals surface area contributed by atoms with Gasteiger partial charge in [-0.2, -0.15) is 11.8 Å². The summed E-state index contributed by atoms with van der Waals surface area (Å²) >= 11 is 1.82. The number of thioether (sulfide) groups is 1. The van der Waals surface area contributed by atoms with Gasteiger partial charge in [-0.25, -0.2) is 4.98 Å². The number of aromatic nitrogens is 2. The number of nitrogen functional groups attached to an aromatic ring is 1. The molecule has 0 unspecified atom stereocenters. The number of anilines is 1. The summed E-state index contributed by atoms with van der Waals surface area (Å²) in [6.45, 7) is 6.27. The Morgan fingerprint density at radius 3 is 2.57 bits per heavy atom. The second-order valence-electron chi connectivity index (χ2n) is 3.70. The molecule has 0 aromatic carbocycles. The average molecular weight is 213 g/mol. The highest BCUT2D eigenvalue weighted by Crippen LogP contribution is 2.20. The molecule has 1 aromatic heterocycles. The first kappa shape index (κ1) is 11.4. The molecule has 14 heavy (non-hydrogen) atoms. The van der Waals surface area contributed by atoms with Gasteiger partial charge in [0.1, 0.15) is 11.6 Å². The Morgan fingerprint density at radius 2 is 2.14 bits per heavy atom. The van der Waals surface area contributed by atoms with Crippen LogP contribution < -0.4 is 5.73 Å². The molecule has 80 valence electrons. The van der Waals surface area contributed by atoms with Gasteiger partial charge >= 0.3 is 0 Å². The zero-order valence-electron chi connectivity index (χ0n) is 9.37. The maximum Gasteiger partial charge on any atom is 0.127 e. The fourth-order valence-corrected chi connectivity index (χ4v) is 2.05. The monoisotopic (exact) mass is 213 g/mol. The minimum atomic E-state index is 0.394. The van der Waals surface area contributed by atoms with Gasteiger partial charge in [0, 0.05) is 12.5 Å². The van der Waals surface area contributed by atoms with Gasteiger partial charge < -0.3 is 10.3 Å². The summed E-state index contributed by atoms with van der Waals surface area (Å²) in [5, 5.41) is 0. The third-order valence-electron chi connectivity index (χ3n) is 2.26. The van der Waals surface area contributed by atoms with Crippen molar-refractivity contribution in [1.82, 2.24) is 9.55 Å². The Labute approximate surface area is 90.1 Å². The maximum absolute atomic E-state index is 6.04. The summed E-state index contributed by atoms with van der Waals surface area (Å²) in [4.78, 5) is 4.49. The molecule has 0 fully saturated rings. The Hall–Kier alpha value is -0.640. The van der Waals surface area contributed by atoms with Crippen LogP contribution in [0.5, 0.6) is 0 Å². The molecule has 4 heteroatoms. The molecule has 0 radical (unpaired) electrons. The van der Waals surface area contributed by atoms with Crippen LogP contribution in [0.25, 0.3) is 0 Å². The van der Waals surface area contributed by atoms with E-state index in [-0.39, 0.29) is 0 Å². The van der Waals surface area contributed by atoms with Crippen molar-refractivity contribution in [3.8, 4) is 0 Å². The molecule has 0 aliphatic rings. The molecule has 1 aromatic rings. The van der Waals surface area contributed by atoms with Crippen LogP contribution in [0.2, 0.25) is 0 Å². The molecule has 1 heterocycles. The van der Waals surface area contributed by atoms with Gasteiger partial charge in [0.05, 0.1) is 5.69 Å². The summed E-state index contributed by atoms with van der Waals surface area (Å²) in [6, 6.07) is 0.394. The van der Waals surface area contributed by atoms with E-state index in [9.17, 15) is 0 Å². The Balaban J connectivity index is 2.92. The third kappa shape index (κ3) is 2.23. The minimum absolute atomic E-state index is 0.394. The minimum Gasteiger partial charge on any atom is -0.384 e. The van der Waals surface area contributed by atoms with Crippen LogP contribution >= 0.6 is 11.8 Å². The van der Waals surface area contributed by atoms with E-state index in [1.54, 1.807) is 0 Å². The number of hydrogen-bond acceptors (Lipinski definition) is 3.